The predicted molar refractivity (Wildman–Crippen MR) is 90.3 cm³/mol. The molecule has 0 aromatic rings. The van der Waals surface area contributed by atoms with E-state index in [1.807, 2.05) is 0 Å². The first kappa shape index (κ1) is 19.4. The first-order chi connectivity index (χ1) is 9.41. The van der Waals surface area contributed by atoms with Crippen molar-refractivity contribution in [3.05, 3.63) is 0 Å². The quantitative estimate of drug-likeness (QED) is 0.231. The maximum atomic E-state index is 5.68. The van der Waals surface area contributed by atoms with Crippen LogP contribution < -0.4 is 0 Å². The maximum Gasteiger partial charge on any atom is 0.0466 e. The molecule has 0 saturated heterocycles. The van der Waals surface area contributed by atoms with Crippen LogP contribution in [0.3, 0.4) is 0 Å². The number of ether oxygens (including phenoxy) is 1. The summed E-state index contributed by atoms with van der Waals surface area (Å²) >= 11 is 3.47. The average molecular weight is 335 g/mol. The van der Waals surface area contributed by atoms with Gasteiger partial charge in [0.25, 0.3) is 0 Å². The standard InChI is InChI=1S/C17H35BrO/c1-2-3-4-5-6-7-10-13-16-19-17-14-11-8-9-12-15-18/h2-17H2,1H3. The maximum absolute atomic E-state index is 5.68. The smallest absolute Gasteiger partial charge is 0.0466 e. The average Bonchev–Trinajstić information content (AvgIpc) is 2.43. The Kier molecular flexibility index (Phi) is 18.9. The molecule has 0 fully saturated rings. The molecule has 0 aliphatic rings. The highest BCUT2D eigenvalue weighted by molar-refractivity contribution is 9.09. The second-order valence-electron chi connectivity index (χ2n) is 5.54. The van der Waals surface area contributed by atoms with Gasteiger partial charge in [-0.25, -0.2) is 0 Å². The second kappa shape index (κ2) is 18.4. The van der Waals surface area contributed by atoms with Gasteiger partial charge in [-0.3, -0.25) is 0 Å². The van der Waals surface area contributed by atoms with Crippen LogP contribution in [0.2, 0.25) is 0 Å². The summed E-state index contributed by atoms with van der Waals surface area (Å²) in [5, 5.41) is 1.15. The third-order valence-corrected chi connectivity index (χ3v) is 4.13. The highest BCUT2D eigenvalue weighted by Gasteiger charge is 1.93. The molecule has 0 N–H and O–H groups in total. The lowest BCUT2D eigenvalue weighted by molar-refractivity contribution is 0.125. The number of rotatable bonds is 16. The Labute approximate surface area is 130 Å². The van der Waals surface area contributed by atoms with E-state index in [1.165, 1.54) is 83.5 Å². The van der Waals surface area contributed by atoms with Gasteiger partial charge in [-0.15, -0.1) is 0 Å². The molecule has 19 heavy (non-hydrogen) atoms. The fraction of sp³-hybridized carbons (Fsp3) is 1.00. The van der Waals surface area contributed by atoms with Crippen LogP contribution in [0.4, 0.5) is 0 Å². The highest BCUT2D eigenvalue weighted by Crippen LogP contribution is 2.09. The number of alkyl halides is 1. The van der Waals surface area contributed by atoms with Gasteiger partial charge in [-0.1, -0.05) is 87.1 Å². The van der Waals surface area contributed by atoms with Crippen LogP contribution in [-0.4, -0.2) is 18.5 Å². The first-order valence-electron chi connectivity index (χ1n) is 8.55. The normalized spacial score (nSPS) is 11.1. The van der Waals surface area contributed by atoms with Gasteiger partial charge in [0.1, 0.15) is 0 Å². The lowest BCUT2D eigenvalue weighted by Gasteiger charge is -2.04. The van der Waals surface area contributed by atoms with Gasteiger partial charge < -0.3 is 4.74 Å². The lowest BCUT2D eigenvalue weighted by Crippen LogP contribution is -1.97. The van der Waals surface area contributed by atoms with Gasteiger partial charge in [-0.05, 0) is 19.3 Å². The van der Waals surface area contributed by atoms with Gasteiger partial charge in [0, 0.05) is 18.5 Å². The van der Waals surface area contributed by atoms with Crippen molar-refractivity contribution in [1.29, 1.82) is 0 Å². The summed E-state index contributed by atoms with van der Waals surface area (Å²) in [6, 6.07) is 0. The second-order valence-corrected chi connectivity index (χ2v) is 6.34. The molecular formula is C17H35BrO. The van der Waals surface area contributed by atoms with Gasteiger partial charge in [-0.2, -0.15) is 0 Å². The van der Waals surface area contributed by atoms with E-state index >= 15 is 0 Å². The van der Waals surface area contributed by atoms with E-state index in [9.17, 15) is 0 Å². The SMILES string of the molecule is CCCCCCCCCCOCCCCCCCBr. The summed E-state index contributed by atoms with van der Waals surface area (Å²) in [4.78, 5) is 0. The monoisotopic (exact) mass is 334 g/mol. The Morgan fingerprint density at radius 3 is 1.47 bits per heavy atom. The number of hydrogen-bond donors (Lipinski definition) is 0. The van der Waals surface area contributed by atoms with Crippen molar-refractivity contribution in [1.82, 2.24) is 0 Å². The summed E-state index contributed by atoms with van der Waals surface area (Å²) in [5.41, 5.74) is 0. The van der Waals surface area contributed by atoms with Crippen LogP contribution in [0, 0.1) is 0 Å². The van der Waals surface area contributed by atoms with Crippen LogP contribution in [0.5, 0.6) is 0 Å². The minimum Gasteiger partial charge on any atom is -0.381 e. The molecule has 0 atom stereocenters. The van der Waals surface area contributed by atoms with E-state index < -0.39 is 0 Å². The molecule has 0 unspecified atom stereocenters. The zero-order valence-electron chi connectivity index (χ0n) is 13.1. The predicted octanol–water partition coefficient (Wildman–Crippen LogP) is 6.49. The molecule has 0 bridgehead atoms. The van der Waals surface area contributed by atoms with Gasteiger partial charge in [0.05, 0.1) is 0 Å². The van der Waals surface area contributed by atoms with Gasteiger partial charge >= 0.3 is 0 Å². The van der Waals surface area contributed by atoms with Crippen molar-refractivity contribution in [3.63, 3.8) is 0 Å². The molecule has 2 heteroatoms. The summed E-state index contributed by atoms with van der Waals surface area (Å²) in [6.45, 7) is 4.24. The van der Waals surface area contributed by atoms with Crippen molar-refractivity contribution in [3.8, 4) is 0 Å². The van der Waals surface area contributed by atoms with Gasteiger partial charge in [0.15, 0.2) is 0 Å². The van der Waals surface area contributed by atoms with Crippen molar-refractivity contribution in [2.45, 2.75) is 90.4 Å². The zero-order chi connectivity index (χ0) is 14.0. The minimum atomic E-state index is 0.977. The van der Waals surface area contributed by atoms with E-state index in [1.54, 1.807) is 0 Å². The molecule has 0 aliphatic carbocycles. The van der Waals surface area contributed by atoms with Gasteiger partial charge in [0.2, 0.25) is 0 Å². The van der Waals surface area contributed by atoms with Crippen LogP contribution >= 0.6 is 15.9 Å². The molecule has 0 aromatic heterocycles. The molecule has 0 rings (SSSR count). The van der Waals surface area contributed by atoms with Crippen molar-refractivity contribution in [2.75, 3.05) is 18.5 Å². The molecule has 0 heterocycles. The molecule has 0 aliphatic heterocycles. The Morgan fingerprint density at radius 2 is 1.00 bits per heavy atom. The fourth-order valence-corrected chi connectivity index (χ4v) is 2.67. The van der Waals surface area contributed by atoms with E-state index in [-0.39, 0.29) is 0 Å². The Hall–Kier alpha value is 0.440. The number of unbranched alkanes of at least 4 members (excludes halogenated alkanes) is 11. The Bertz CT molecular complexity index is 134. The summed E-state index contributed by atoms with van der Waals surface area (Å²) in [7, 11) is 0. The topological polar surface area (TPSA) is 9.23 Å². The van der Waals surface area contributed by atoms with E-state index in [4.69, 9.17) is 4.74 Å². The van der Waals surface area contributed by atoms with Crippen molar-refractivity contribution in [2.24, 2.45) is 0 Å². The van der Waals surface area contributed by atoms with Crippen LogP contribution in [0.15, 0.2) is 0 Å². The molecule has 0 aromatic carbocycles. The Balaban J connectivity index is 2.88. The molecule has 0 amide bonds. The molecule has 0 saturated carbocycles. The van der Waals surface area contributed by atoms with E-state index in [0.29, 0.717) is 0 Å². The summed E-state index contributed by atoms with van der Waals surface area (Å²) < 4.78 is 5.68. The highest BCUT2D eigenvalue weighted by atomic mass is 79.9. The van der Waals surface area contributed by atoms with Crippen molar-refractivity contribution < 1.29 is 4.74 Å². The van der Waals surface area contributed by atoms with Crippen molar-refractivity contribution >= 4 is 15.9 Å². The molecule has 1 nitrogen and oxygen atoms in total. The molecule has 0 spiro atoms. The molecular weight excluding hydrogens is 300 g/mol. The first-order valence-corrected chi connectivity index (χ1v) is 9.67. The number of hydrogen-bond acceptors (Lipinski definition) is 1. The van der Waals surface area contributed by atoms with E-state index in [2.05, 4.69) is 22.9 Å². The molecule has 116 valence electrons. The lowest BCUT2D eigenvalue weighted by atomic mass is 10.1. The Morgan fingerprint density at radius 1 is 0.579 bits per heavy atom. The zero-order valence-corrected chi connectivity index (χ0v) is 14.7. The minimum absolute atomic E-state index is 0.977. The van der Waals surface area contributed by atoms with Crippen LogP contribution in [0.1, 0.15) is 90.4 Å². The van der Waals surface area contributed by atoms with Crippen LogP contribution in [0.25, 0.3) is 0 Å². The number of halogens is 1. The fourth-order valence-electron chi connectivity index (χ4n) is 2.27. The third kappa shape index (κ3) is 18.4. The largest absolute Gasteiger partial charge is 0.381 e. The summed E-state index contributed by atoms with van der Waals surface area (Å²) in [6.07, 6.45) is 17.7. The van der Waals surface area contributed by atoms with E-state index in [0.717, 1.165) is 18.5 Å². The summed E-state index contributed by atoms with van der Waals surface area (Å²) in [5.74, 6) is 0. The molecule has 0 radical (unpaired) electrons. The third-order valence-electron chi connectivity index (χ3n) is 3.56. The van der Waals surface area contributed by atoms with Crippen LogP contribution in [-0.2, 0) is 4.74 Å².